The molecule has 4 rings (SSSR count). The molecule has 0 atom stereocenters. The van der Waals surface area contributed by atoms with Gasteiger partial charge in [-0.1, -0.05) is 19.9 Å². The lowest BCUT2D eigenvalue weighted by Gasteiger charge is -2.26. The second-order valence-electron chi connectivity index (χ2n) is 6.59. The van der Waals surface area contributed by atoms with E-state index in [9.17, 15) is 13.6 Å². The smallest absolute Gasteiger partial charge is 0.321 e. The highest BCUT2D eigenvalue weighted by Gasteiger charge is 2.20. The first-order valence-electron chi connectivity index (χ1n) is 9.58. The van der Waals surface area contributed by atoms with Crippen molar-refractivity contribution >= 4 is 17.4 Å². The van der Waals surface area contributed by atoms with Gasteiger partial charge >= 0.3 is 6.03 Å². The number of hydrogen-bond acceptors (Lipinski definition) is 3. The number of rotatable bonds is 3. The molecule has 0 aliphatic carbocycles. The normalized spacial score (nSPS) is 12.4. The van der Waals surface area contributed by atoms with Crippen LogP contribution in [0.15, 0.2) is 54.6 Å². The molecule has 3 aromatic carbocycles. The van der Waals surface area contributed by atoms with Crippen molar-refractivity contribution in [1.82, 2.24) is 4.90 Å². The van der Waals surface area contributed by atoms with Crippen LogP contribution in [-0.2, 0) is 6.54 Å². The first kappa shape index (κ1) is 21.1. The van der Waals surface area contributed by atoms with Crippen molar-refractivity contribution in [3.8, 4) is 22.6 Å². The van der Waals surface area contributed by atoms with Gasteiger partial charge in [-0.25, -0.2) is 13.6 Å². The number of anilines is 2. The summed E-state index contributed by atoms with van der Waals surface area (Å²) in [5.41, 5.74) is 9.59. The van der Waals surface area contributed by atoms with Gasteiger partial charge < -0.3 is 20.7 Å². The van der Waals surface area contributed by atoms with E-state index in [0.29, 0.717) is 23.5 Å². The zero-order chi connectivity index (χ0) is 21.8. The van der Waals surface area contributed by atoms with Crippen molar-refractivity contribution in [3.63, 3.8) is 0 Å². The number of carbonyl (C=O) groups is 1. The van der Waals surface area contributed by atoms with Crippen molar-refractivity contribution < 1.29 is 18.3 Å². The fourth-order valence-electron chi connectivity index (χ4n) is 3.09. The average molecular weight is 411 g/mol. The zero-order valence-electron chi connectivity index (χ0n) is 17.0. The molecule has 0 unspecified atom stereocenters. The Morgan fingerprint density at radius 3 is 2.47 bits per heavy atom. The van der Waals surface area contributed by atoms with Crippen LogP contribution >= 0.6 is 0 Å². The van der Waals surface area contributed by atoms with Crippen molar-refractivity contribution in [2.75, 3.05) is 18.1 Å². The molecule has 0 radical (unpaired) electrons. The number of nitrogen functional groups attached to an aromatic ring is 1. The first-order chi connectivity index (χ1) is 14.4. The predicted molar refractivity (Wildman–Crippen MR) is 115 cm³/mol. The van der Waals surface area contributed by atoms with Gasteiger partial charge in [-0.15, -0.1) is 0 Å². The van der Waals surface area contributed by atoms with Crippen LogP contribution < -0.4 is 15.8 Å². The third kappa shape index (κ3) is 4.35. The van der Waals surface area contributed by atoms with Crippen LogP contribution in [0, 0.1) is 11.6 Å². The van der Waals surface area contributed by atoms with E-state index in [0.717, 1.165) is 28.9 Å². The zero-order valence-corrected chi connectivity index (χ0v) is 17.0. The molecular weight excluding hydrogens is 388 g/mol. The number of benzene rings is 3. The number of ether oxygens (including phenoxy) is 1. The molecule has 30 heavy (non-hydrogen) atoms. The minimum absolute atomic E-state index is 0.0858. The second kappa shape index (κ2) is 8.82. The minimum atomic E-state index is -0.794. The van der Waals surface area contributed by atoms with E-state index in [2.05, 4.69) is 5.32 Å². The van der Waals surface area contributed by atoms with Crippen molar-refractivity contribution in [2.45, 2.75) is 20.4 Å². The van der Waals surface area contributed by atoms with Gasteiger partial charge in [-0.3, -0.25) is 0 Å². The molecule has 3 N–H and O–H groups in total. The van der Waals surface area contributed by atoms with Crippen LogP contribution in [0.25, 0.3) is 11.1 Å². The highest BCUT2D eigenvalue weighted by molar-refractivity contribution is 5.93. The topological polar surface area (TPSA) is 67.6 Å². The lowest BCUT2D eigenvalue weighted by molar-refractivity contribution is 0.218. The summed E-state index contributed by atoms with van der Waals surface area (Å²) in [5, 5.41) is 2.81. The molecule has 0 fully saturated rings. The summed E-state index contributed by atoms with van der Waals surface area (Å²) in [6.07, 6.45) is 0. The number of nitrogens with two attached hydrogens (primary N) is 1. The monoisotopic (exact) mass is 411 g/mol. The third-order valence-corrected chi connectivity index (χ3v) is 4.53. The average Bonchev–Trinajstić information content (AvgIpc) is 2.73. The molecule has 1 aliphatic rings. The summed E-state index contributed by atoms with van der Waals surface area (Å²) in [7, 11) is 1.71. The van der Waals surface area contributed by atoms with Crippen molar-refractivity contribution in [3.05, 3.63) is 71.8 Å². The summed E-state index contributed by atoms with van der Waals surface area (Å²) in [4.78, 5) is 13.4. The minimum Gasteiger partial charge on any atom is -0.454 e. The maximum atomic E-state index is 14.0. The van der Waals surface area contributed by atoms with Crippen LogP contribution in [0.3, 0.4) is 0 Å². The molecule has 0 aromatic heterocycles. The Morgan fingerprint density at radius 1 is 1.00 bits per heavy atom. The molecule has 3 aromatic rings. The molecule has 7 heteroatoms. The summed E-state index contributed by atoms with van der Waals surface area (Å²) >= 11 is 0. The summed E-state index contributed by atoms with van der Waals surface area (Å²) < 4.78 is 32.9. The molecule has 1 aliphatic heterocycles. The predicted octanol–water partition coefficient (Wildman–Crippen LogP) is 6.01. The molecule has 0 bridgehead atoms. The molecular formula is C23H23F2N3O2. The Bertz CT molecular complexity index is 1090. The Kier molecular flexibility index (Phi) is 6.20. The van der Waals surface area contributed by atoms with E-state index in [1.165, 1.54) is 6.07 Å². The number of nitrogens with one attached hydrogen (secondary N) is 1. The lowest BCUT2D eigenvalue weighted by atomic mass is 9.99. The standard InChI is InChI=1S/C21H17F2N3O2.C2H6/c1-26-11-13-8-12(2-5-18(13)25-21(26)27)16-10-15(24)4-7-19(16)28-20-6-3-14(22)9-17(20)23;1-2/h2-10H,11,24H2,1H3,(H,25,27);1-2H3. The Labute approximate surface area is 174 Å². The summed E-state index contributed by atoms with van der Waals surface area (Å²) in [6.45, 7) is 4.46. The Balaban J connectivity index is 0.00000124. The van der Waals surface area contributed by atoms with Gasteiger partial charge in [0.2, 0.25) is 0 Å². The van der Waals surface area contributed by atoms with E-state index in [1.54, 1.807) is 36.2 Å². The molecule has 2 amide bonds. The number of carbonyl (C=O) groups excluding carboxylic acids is 1. The number of nitrogens with zero attached hydrogens (tertiary/aromatic N) is 1. The Hall–Kier alpha value is -3.61. The number of fused-ring (bicyclic) bond motifs is 1. The van der Waals surface area contributed by atoms with E-state index in [-0.39, 0.29) is 11.8 Å². The largest absolute Gasteiger partial charge is 0.454 e. The van der Waals surface area contributed by atoms with E-state index < -0.39 is 11.6 Å². The number of hydrogen-bond donors (Lipinski definition) is 2. The maximum absolute atomic E-state index is 14.0. The molecule has 0 saturated carbocycles. The van der Waals surface area contributed by atoms with Gasteiger partial charge in [0.25, 0.3) is 0 Å². The van der Waals surface area contributed by atoms with Gasteiger partial charge in [0, 0.05) is 36.6 Å². The third-order valence-electron chi connectivity index (χ3n) is 4.53. The van der Waals surface area contributed by atoms with Crippen LogP contribution in [-0.4, -0.2) is 18.0 Å². The SMILES string of the molecule is CC.CN1Cc2cc(-c3cc(N)ccc3Oc3ccc(F)cc3F)ccc2NC1=O. The van der Waals surface area contributed by atoms with E-state index >= 15 is 0 Å². The van der Waals surface area contributed by atoms with Crippen LogP contribution in [0.4, 0.5) is 25.0 Å². The van der Waals surface area contributed by atoms with E-state index in [4.69, 9.17) is 10.5 Å². The van der Waals surface area contributed by atoms with Crippen molar-refractivity contribution in [1.29, 1.82) is 0 Å². The highest BCUT2D eigenvalue weighted by atomic mass is 19.1. The maximum Gasteiger partial charge on any atom is 0.321 e. The first-order valence-corrected chi connectivity index (χ1v) is 9.58. The molecule has 1 heterocycles. The Morgan fingerprint density at radius 2 is 1.73 bits per heavy atom. The quantitative estimate of drug-likeness (QED) is 0.519. The fourth-order valence-corrected chi connectivity index (χ4v) is 3.09. The van der Waals surface area contributed by atoms with E-state index in [1.807, 2.05) is 26.0 Å². The van der Waals surface area contributed by atoms with Crippen LogP contribution in [0.5, 0.6) is 11.5 Å². The summed E-state index contributed by atoms with van der Waals surface area (Å²) in [6, 6.07) is 13.5. The van der Waals surface area contributed by atoms with Crippen molar-refractivity contribution in [2.24, 2.45) is 0 Å². The highest BCUT2D eigenvalue weighted by Crippen LogP contribution is 2.38. The fraction of sp³-hybridized carbons (Fsp3) is 0.174. The number of urea groups is 1. The van der Waals surface area contributed by atoms with Crippen LogP contribution in [0.1, 0.15) is 19.4 Å². The van der Waals surface area contributed by atoms with Gasteiger partial charge in [-0.2, -0.15) is 0 Å². The second-order valence-corrected chi connectivity index (χ2v) is 6.59. The molecule has 0 spiro atoms. The summed E-state index contributed by atoms with van der Waals surface area (Å²) in [5.74, 6) is -1.17. The van der Waals surface area contributed by atoms with Gasteiger partial charge in [-0.05, 0) is 53.6 Å². The molecule has 5 nitrogen and oxygen atoms in total. The number of halogens is 2. The van der Waals surface area contributed by atoms with Gasteiger partial charge in [0.1, 0.15) is 11.6 Å². The van der Waals surface area contributed by atoms with Crippen LogP contribution in [0.2, 0.25) is 0 Å². The van der Waals surface area contributed by atoms with Gasteiger partial charge in [0.15, 0.2) is 11.6 Å². The molecule has 156 valence electrons. The molecule has 0 saturated heterocycles. The van der Waals surface area contributed by atoms with Gasteiger partial charge in [0.05, 0.1) is 0 Å². The lowest BCUT2D eigenvalue weighted by Crippen LogP contribution is -2.35. The number of amides is 2.